The standard InChI is InChI=1S/C14H17N3O3/c18-13(15-10-14(19)5-1-6-14)12-4-3-11(20-12)9-17-8-2-7-16-17/h2-4,7-8,19H,1,5-6,9-10H2,(H,15,18). The Morgan fingerprint density at radius 2 is 2.35 bits per heavy atom. The van der Waals surface area contributed by atoms with Crippen LogP contribution in [-0.4, -0.2) is 32.9 Å². The summed E-state index contributed by atoms with van der Waals surface area (Å²) in [5, 5.41) is 16.7. The lowest BCUT2D eigenvalue weighted by Crippen LogP contribution is -2.47. The lowest BCUT2D eigenvalue weighted by Gasteiger charge is -2.36. The molecule has 0 bridgehead atoms. The third kappa shape index (κ3) is 2.75. The van der Waals surface area contributed by atoms with E-state index in [1.807, 2.05) is 12.3 Å². The lowest BCUT2D eigenvalue weighted by molar-refractivity contribution is -0.0302. The van der Waals surface area contributed by atoms with Gasteiger partial charge in [0.15, 0.2) is 5.76 Å². The Balaban J connectivity index is 1.57. The van der Waals surface area contributed by atoms with Crippen LogP contribution in [0.15, 0.2) is 35.0 Å². The van der Waals surface area contributed by atoms with Crippen molar-refractivity contribution < 1.29 is 14.3 Å². The highest BCUT2D eigenvalue weighted by atomic mass is 16.4. The van der Waals surface area contributed by atoms with Crippen LogP contribution in [0.1, 0.15) is 35.6 Å². The van der Waals surface area contributed by atoms with Gasteiger partial charge in [0.05, 0.1) is 12.1 Å². The first-order valence-corrected chi connectivity index (χ1v) is 6.71. The second-order valence-corrected chi connectivity index (χ2v) is 5.23. The summed E-state index contributed by atoms with van der Waals surface area (Å²) >= 11 is 0. The summed E-state index contributed by atoms with van der Waals surface area (Å²) < 4.78 is 7.20. The molecule has 0 aliphatic heterocycles. The third-order valence-corrected chi connectivity index (χ3v) is 3.62. The van der Waals surface area contributed by atoms with E-state index in [2.05, 4.69) is 10.4 Å². The molecule has 2 heterocycles. The van der Waals surface area contributed by atoms with E-state index in [-0.39, 0.29) is 18.2 Å². The van der Waals surface area contributed by atoms with E-state index in [4.69, 9.17) is 4.42 Å². The van der Waals surface area contributed by atoms with E-state index in [0.29, 0.717) is 12.3 Å². The van der Waals surface area contributed by atoms with Gasteiger partial charge in [0.25, 0.3) is 5.91 Å². The van der Waals surface area contributed by atoms with E-state index in [9.17, 15) is 9.90 Å². The van der Waals surface area contributed by atoms with Gasteiger partial charge in [-0.2, -0.15) is 5.10 Å². The average Bonchev–Trinajstić information content (AvgIpc) is 3.06. The van der Waals surface area contributed by atoms with E-state index in [1.165, 1.54) is 0 Å². The molecule has 20 heavy (non-hydrogen) atoms. The molecule has 2 N–H and O–H groups in total. The number of carbonyl (C=O) groups excluding carboxylic acids is 1. The molecule has 0 unspecified atom stereocenters. The topological polar surface area (TPSA) is 80.3 Å². The molecule has 3 rings (SSSR count). The summed E-state index contributed by atoms with van der Waals surface area (Å²) in [6, 6.07) is 5.23. The predicted octanol–water partition coefficient (Wildman–Crippen LogP) is 1.17. The van der Waals surface area contributed by atoms with E-state index in [1.54, 1.807) is 23.0 Å². The quantitative estimate of drug-likeness (QED) is 0.858. The molecule has 6 nitrogen and oxygen atoms in total. The Labute approximate surface area is 116 Å². The van der Waals surface area contributed by atoms with Crippen molar-refractivity contribution in [3.63, 3.8) is 0 Å². The minimum Gasteiger partial charge on any atom is -0.454 e. The summed E-state index contributed by atoms with van der Waals surface area (Å²) in [7, 11) is 0. The van der Waals surface area contributed by atoms with Crippen LogP contribution in [0.5, 0.6) is 0 Å². The molecule has 0 saturated heterocycles. The summed E-state index contributed by atoms with van der Waals surface area (Å²) in [6.07, 6.45) is 6.03. The molecule has 106 valence electrons. The second kappa shape index (κ2) is 5.13. The van der Waals surface area contributed by atoms with Crippen molar-refractivity contribution in [2.75, 3.05) is 6.54 Å². The number of aromatic nitrogens is 2. The molecule has 2 aromatic heterocycles. The largest absolute Gasteiger partial charge is 0.454 e. The van der Waals surface area contributed by atoms with Crippen molar-refractivity contribution in [1.82, 2.24) is 15.1 Å². The normalized spacial score (nSPS) is 16.6. The number of hydrogen-bond acceptors (Lipinski definition) is 4. The summed E-state index contributed by atoms with van der Waals surface area (Å²) in [4.78, 5) is 11.9. The molecule has 1 aliphatic rings. The van der Waals surface area contributed by atoms with Gasteiger partial charge in [0, 0.05) is 18.9 Å². The van der Waals surface area contributed by atoms with Gasteiger partial charge in [-0.3, -0.25) is 9.48 Å². The van der Waals surface area contributed by atoms with E-state index < -0.39 is 5.60 Å². The Morgan fingerprint density at radius 3 is 3.00 bits per heavy atom. The first-order chi connectivity index (χ1) is 9.65. The van der Waals surface area contributed by atoms with Gasteiger partial charge < -0.3 is 14.8 Å². The number of amides is 1. The van der Waals surface area contributed by atoms with Crippen LogP contribution < -0.4 is 5.32 Å². The highest BCUT2D eigenvalue weighted by Gasteiger charge is 2.34. The Kier molecular flexibility index (Phi) is 3.31. The zero-order valence-corrected chi connectivity index (χ0v) is 11.1. The van der Waals surface area contributed by atoms with Crippen molar-refractivity contribution >= 4 is 5.91 Å². The van der Waals surface area contributed by atoms with Gasteiger partial charge >= 0.3 is 0 Å². The minimum absolute atomic E-state index is 0.259. The van der Waals surface area contributed by atoms with Gasteiger partial charge in [0.2, 0.25) is 0 Å². The Hall–Kier alpha value is -2.08. The maximum Gasteiger partial charge on any atom is 0.287 e. The average molecular weight is 275 g/mol. The van der Waals surface area contributed by atoms with Gasteiger partial charge in [0.1, 0.15) is 5.76 Å². The van der Waals surface area contributed by atoms with Gasteiger partial charge in [-0.1, -0.05) is 0 Å². The van der Waals surface area contributed by atoms with Crippen LogP contribution in [-0.2, 0) is 6.54 Å². The van der Waals surface area contributed by atoms with Gasteiger partial charge in [-0.15, -0.1) is 0 Å². The first kappa shape index (κ1) is 12.9. The summed E-state index contributed by atoms with van der Waals surface area (Å²) in [6.45, 7) is 0.769. The van der Waals surface area contributed by atoms with Crippen LogP contribution in [0.2, 0.25) is 0 Å². The molecular weight excluding hydrogens is 258 g/mol. The SMILES string of the molecule is O=C(NCC1(O)CCC1)c1ccc(Cn2cccn2)o1. The summed E-state index contributed by atoms with van der Waals surface area (Å²) in [5.74, 6) is 0.633. The molecular formula is C14H17N3O3. The first-order valence-electron chi connectivity index (χ1n) is 6.71. The molecule has 1 fully saturated rings. The molecule has 0 atom stereocenters. The van der Waals surface area contributed by atoms with E-state index >= 15 is 0 Å². The lowest BCUT2D eigenvalue weighted by atomic mass is 9.80. The maximum atomic E-state index is 11.9. The van der Waals surface area contributed by atoms with Crippen molar-refractivity contribution in [1.29, 1.82) is 0 Å². The van der Waals surface area contributed by atoms with Crippen LogP contribution >= 0.6 is 0 Å². The van der Waals surface area contributed by atoms with Crippen LogP contribution in [0.25, 0.3) is 0 Å². The zero-order valence-electron chi connectivity index (χ0n) is 11.1. The number of carbonyl (C=O) groups is 1. The number of rotatable bonds is 5. The molecule has 0 aromatic carbocycles. The van der Waals surface area contributed by atoms with Crippen molar-refractivity contribution in [3.8, 4) is 0 Å². The number of aliphatic hydroxyl groups is 1. The maximum absolute atomic E-state index is 11.9. The molecule has 1 amide bonds. The minimum atomic E-state index is -0.722. The molecule has 0 spiro atoms. The smallest absolute Gasteiger partial charge is 0.287 e. The molecule has 0 radical (unpaired) electrons. The number of furan rings is 1. The van der Waals surface area contributed by atoms with Crippen LogP contribution in [0.4, 0.5) is 0 Å². The van der Waals surface area contributed by atoms with Crippen molar-refractivity contribution in [2.24, 2.45) is 0 Å². The summed E-state index contributed by atoms with van der Waals surface area (Å²) in [5.41, 5.74) is -0.722. The monoisotopic (exact) mass is 275 g/mol. The predicted molar refractivity (Wildman–Crippen MR) is 71.2 cm³/mol. The van der Waals surface area contributed by atoms with Crippen molar-refractivity contribution in [3.05, 3.63) is 42.1 Å². The second-order valence-electron chi connectivity index (χ2n) is 5.23. The van der Waals surface area contributed by atoms with Crippen LogP contribution in [0, 0.1) is 0 Å². The Bertz CT molecular complexity index is 585. The fourth-order valence-corrected chi connectivity index (χ4v) is 2.23. The fourth-order valence-electron chi connectivity index (χ4n) is 2.23. The Morgan fingerprint density at radius 1 is 1.50 bits per heavy atom. The molecule has 1 saturated carbocycles. The fraction of sp³-hybridized carbons (Fsp3) is 0.429. The van der Waals surface area contributed by atoms with Gasteiger partial charge in [-0.25, -0.2) is 0 Å². The van der Waals surface area contributed by atoms with Gasteiger partial charge in [-0.05, 0) is 37.5 Å². The zero-order chi connectivity index (χ0) is 14.0. The highest BCUT2D eigenvalue weighted by Crippen LogP contribution is 2.30. The third-order valence-electron chi connectivity index (χ3n) is 3.62. The van der Waals surface area contributed by atoms with E-state index in [0.717, 1.165) is 19.3 Å². The number of nitrogens with zero attached hydrogens (tertiary/aromatic N) is 2. The van der Waals surface area contributed by atoms with Crippen molar-refractivity contribution in [2.45, 2.75) is 31.4 Å². The number of hydrogen-bond donors (Lipinski definition) is 2. The molecule has 2 aromatic rings. The van der Waals surface area contributed by atoms with Crippen LogP contribution in [0.3, 0.4) is 0 Å². The molecule has 6 heteroatoms. The highest BCUT2D eigenvalue weighted by molar-refractivity contribution is 5.91. The number of nitrogens with one attached hydrogen (secondary N) is 1. The molecule has 1 aliphatic carbocycles.